The summed E-state index contributed by atoms with van der Waals surface area (Å²) < 4.78 is 23.5. The zero-order valence-electron chi connectivity index (χ0n) is 17.1. The highest BCUT2D eigenvalue weighted by Gasteiger charge is 2.38. The highest BCUT2D eigenvalue weighted by molar-refractivity contribution is 14.0. The third-order valence-corrected chi connectivity index (χ3v) is 8.64. The Hall–Kier alpha value is -0.0900. The molecule has 2 saturated heterocycles. The molecular formula is C20H37IN4O2S. The van der Waals surface area contributed by atoms with Crippen LogP contribution in [0.5, 0.6) is 0 Å². The molecule has 0 amide bonds. The predicted molar refractivity (Wildman–Crippen MR) is 125 cm³/mol. The molecule has 0 aromatic carbocycles. The first kappa shape index (κ1) is 22.6. The summed E-state index contributed by atoms with van der Waals surface area (Å²) in [5, 5.41) is 7.40. The number of halogens is 1. The van der Waals surface area contributed by atoms with Crippen molar-refractivity contribution >= 4 is 39.8 Å². The summed E-state index contributed by atoms with van der Waals surface area (Å²) in [6, 6.07) is 1.76. The molecule has 2 aliphatic carbocycles. The zero-order valence-corrected chi connectivity index (χ0v) is 20.3. The lowest BCUT2D eigenvalue weighted by atomic mass is 9.95. The van der Waals surface area contributed by atoms with Crippen molar-refractivity contribution < 1.29 is 8.42 Å². The second-order valence-electron chi connectivity index (χ2n) is 9.35. The van der Waals surface area contributed by atoms with E-state index in [9.17, 15) is 8.42 Å². The summed E-state index contributed by atoms with van der Waals surface area (Å²) in [5.41, 5.74) is 0. The zero-order chi connectivity index (χ0) is 18.9. The molecule has 3 atom stereocenters. The van der Waals surface area contributed by atoms with Gasteiger partial charge in [0.05, 0.1) is 11.5 Å². The van der Waals surface area contributed by atoms with Crippen LogP contribution in [-0.2, 0) is 9.84 Å². The van der Waals surface area contributed by atoms with Crippen molar-refractivity contribution in [2.24, 2.45) is 16.8 Å². The molecule has 0 aromatic heterocycles. The maximum Gasteiger partial charge on any atom is 0.191 e. The van der Waals surface area contributed by atoms with Crippen LogP contribution in [-0.4, -0.2) is 68.5 Å². The van der Waals surface area contributed by atoms with E-state index in [-0.39, 0.29) is 29.9 Å². The van der Waals surface area contributed by atoms with E-state index in [0.29, 0.717) is 36.1 Å². The molecule has 2 aliphatic heterocycles. The summed E-state index contributed by atoms with van der Waals surface area (Å²) in [6.45, 7) is 5.24. The summed E-state index contributed by atoms with van der Waals surface area (Å²) in [5.74, 6) is 2.37. The van der Waals surface area contributed by atoms with Crippen LogP contribution < -0.4 is 10.6 Å². The van der Waals surface area contributed by atoms with Crippen LogP contribution in [0.1, 0.15) is 58.3 Å². The Morgan fingerprint density at radius 1 is 1.04 bits per heavy atom. The minimum Gasteiger partial charge on any atom is -0.354 e. The topological polar surface area (TPSA) is 73.8 Å². The van der Waals surface area contributed by atoms with E-state index in [1.54, 1.807) is 0 Å². The van der Waals surface area contributed by atoms with Crippen molar-refractivity contribution in [1.82, 2.24) is 15.5 Å². The standard InChI is InChI=1S/C20H36N4O2S.HI/c1-15-12-24(18-7-8-18)13-19(15)23-20(22-17-5-3-2-4-6-17)21-11-16-9-10-27(25,26)14-16;/h15-19H,2-14H2,1H3,(H2,21,22,23);1H. The van der Waals surface area contributed by atoms with Crippen LogP contribution in [0, 0.1) is 11.8 Å². The van der Waals surface area contributed by atoms with Gasteiger partial charge < -0.3 is 10.6 Å². The molecule has 28 heavy (non-hydrogen) atoms. The average molecular weight is 525 g/mol. The average Bonchev–Trinajstić information content (AvgIpc) is 3.34. The SMILES string of the molecule is CC1CN(C2CC2)CC1NC(=NCC1CCS(=O)(=O)C1)NC1CCCCC1.I. The molecule has 4 fully saturated rings. The largest absolute Gasteiger partial charge is 0.354 e. The lowest BCUT2D eigenvalue weighted by Gasteiger charge is -2.27. The van der Waals surface area contributed by atoms with Gasteiger partial charge in [0.2, 0.25) is 0 Å². The number of hydrogen-bond acceptors (Lipinski definition) is 4. The Morgan fingerprint density at radius 3 is 2.43 bits per heavy atom. The maximum absolute atomic E-state index is 11.7. The van der Waals surface area contributed by atoms with E-state index in [4.69, 9.17) is 4.99 Å². The molecule has 6 nitrogen and oxygen atoms in total. The van der Waals surface area contributed by atoms with Crippen LogP contribution in [0.4, 0.5) is 0 Å². The summed E-state index contributed by atoms with van der Waals surface area (Å²) in [4.78, 5) is 7.49. The molecule has 162 valence electrons. The van der Waals surface area contributed by atoms with E-state index in [2.05, 4.69) is 22.5 Å². The first-order valence-corrected chi connectivity index (χ1v) is 12.8. The molecule has 0 radical (unpaired) electrons. The van der Waals surface area contributed by atoms with Crippen LogP contribution in [0.2, 0.25) is 0 Å². The predicted octanol–water partition coefficient (Wildman–Crippen LogP) is 2.39. The minimum atomic E-state index is -2.83. The number of nitrogens with one attached hydrogen (secondary N) is 2. The Morgan fingerprint density at radius 2 is 1.79 bits per heavy atom. The van der Waals surface area contributed by atoms with Crippen molar-refractivity contribution in [2.45, 2.75) is 76.4 Å². The maximum atomic E-state index is 11.7. The molecule has 2 saturated carbocycles. The molecule has 3 unspecified atom stereocenters. The number of likely N-dealkylation sites (tertiary alicyclic amines) is 1. The Kier molecular flexibility index (Phi) is 7.92. The quantitative estimate of drug-likeness (QED) is 0.328. The minimum absolute atomic E-state index is 0. The van der Waals surface area contributed by atoms with Gasteiger partial charge in [-0.25, -0.2) is 8.42 Å². The van der Waals surface area contributed by atoms with Crippen molar-refractivity contribution in [3.05, 3.63) is 0 Å². The van der Waals surface area contributed by atoms with Crippen molar-refractivity contribution in [3.63, 3.8) is 0 Å². The van der Waals surface area contributed by atoms with Gasteiger partial charge in [-0.1, -0.05) is 26.2 Å². The Balaban J connectivity index is 0.00000225. The van der Waals surface area contributed by atoms with Gasteiger partial charge in [-0.15, -0.1) is 24.0 Å². The first-order chi connectivity index (χ1) is 13.0. The second-order valence-corrected chi connectivity index (χ2v) is 11.6. The third kappa shape index (κ3) is 6.20. The van der Waals surface area contributed by atoms with E-state index in [1.807, 2.05) is 0 Å². The molecule has 8 heteroatoms. The molecular weight excluding hydrogens is 487 g/mol. The van der Waals surface area contributed by atoms with Gasteiger partial charge in [-0.3, -0.25) is 9.89 Å². The summed E-state index contributed by atoms with van der Waals surface area (Å²) in [7, 11) is -2.83. The first-order valence-electron chi connectivity index (χ1n) is 11.0. The van der Waals surface area contributed by atoms with Crippen LogP contribution in [0.25, 0.3) is 0 Å². The van der Waals surface area contributed by atoms with Gasteiger partial charge >= 0.3 is 0 Å². The van der Waals surface area contributed by atoms with Gasteiger partial charge in [-0.2, -0.15) is 0 Å². The molecule has 0 spiro atoms. The highest BCUT2D eigenvalue weighted by atomic mass is 127. The van der Waals surface area contributed by atoms with Gasteiger partial charge in [0.25, 0.3) is 0 Å². The van der Waals surface area contributed by atoms with Gasteiger partial charge in [0.15, 0.2) is 15.8 Å². The Bertz CT molecular complexity index is 647. The van der Waals surface area contributed by atoms with Crippen LogP contribution in [0.15, 0.2) is 4.99 Å². The fourth-order valence-electron chi connectivity index (χ4n) is 4.92. The van der Waals surface area contributed by atoms with E-state index < -0.39 is 9.84 Å². The van der Waals surface area contributed by atoms with E-state index in [1.165, 1.54) is 51.5 Å². The number of hydrogen-bond donors (Lipinski definition) is 2. The van der Waals surface area contributed by atoms with E-state index in [0.717, 1.165) is 25.0 Å². The molecule has 4 aliphatic rings. The Labute approximate surface area is 187 Å². The van der Waals surface area contributed by atoms with E-state index >= 15 is 0 Å². The van der Waals surface area contributed by atoms with Crippen molar-refractivity contribution in [1.29, 1.82) is 0 Å². The van der Waals surface area contributed by atoms with Crippen molar-refractivity contribution in [3.8, 4) is 0 Å². The van der Waals surface area contributed by atoms with Crippen LogP contribution >= 0.6 is 24.0 Å². The number of aliphatic imine (C=N–C) groups is 1. The normalized spacial score (nSPS) is 34.2. The third-order valence-electron chi connectivity index (χ3n) is 6.81. The molecule has 0 aromatic rings. The number of rotatable bonds is 5. The molecule has 2 N–H and O–H groups in total. The fourth-order valence-corrected chi connectivity index (χ4v) is 6.76. The number of sulfone groups is 1. The smallest absolute Gasteiger partial charge is 0.191 e. The van der Waals surface area contributed by atoms with Crippen LogP contribution in [0.3, 0.4) is 0 Å². The lowest BCUT2D eigenvalue weighted by molar-refractivity contribution is 0.315. The van der Waals surface area contributed by atoms with Gasteiger partial charge in [0.1, 0.15) is 0 Å². The van der Waals surface area contributed by atoms with Crippen molar-refractivity contribution in [2.75, 3.05) is 31.1 Å². The summed E-state index contributed by atoms with van der Waals surface area (Å²) in [6.07, 6.45) is 9.83. The second kappa shape index (κ2) is 9.81. The van der Waals surface area contributed by atoms with Gasteiger partial charge in [-0.05, 0) is 43.9 Å². The summed E-state index contributed by atoms with van der Waals surface area (Å²) >= 11 is 0. The fraction of sp³-hybridized carbons (Fsp3) is 0.950. The monoisotopic (exact) mass is 524 g/mol. The lowest BCUT2D eigenvalue weighted by Crippen LogP contribution is -2.50. The molecule has 0 bridgehead atoms. The number of guanidine groups is 1. The van der Waals surface area contributed by atoms with Gasteiger partial charge in [0, 0.05) is 37.8 Å². The number of nitrogens with zero attached hydrogens (tertiary/aromatic N) is 2. The highest BCUT2D eigenvalue weighted by Crippen LogP contribution is 2.31. The molecule has 4 rings (SSSR count). The molecule has 2 heterocycles.